The van der Waals surface area contributed by atoms with Gasteiger partial charge in [-0.1, -0.05) is 19.1 Å². The normalized spacial score (nSPS) is 10.5. The zero-order valence-electron chi connectivity index (χ0n) is 16.2. The maximum Gasteiger partial charge on any atom is 0.254 e. The second kappa shape index (κ2) is 8.52. The molecule has 0 aliphatic rings. The van der Waals surface area contributed by atoms with Gasteiger partial charge in [-0.25, -0.2) is 4.98 Å². The highest BCUT2D eigenvalue weighted by Crippen LogP contribution is 2.20. The van der Waals surface area contributed by atoms with Gasteiger partial charge in [-0.2, -0.15) is 0 Å². The summed E-state index contributed by atoms with van der Waals surface area (Å²) in [6.07, 6.45) is 0.934. The Morgan fingerprint density at radius 3 is 2.39 bits per heavy atom. The number of anilines is 1. The lowest BCUT2D eigenvalue weighted by molar-refractivity contribution is -0.116. The minimum Gasteiger partial charge on any atom is -0.497 e. The Bertz CT molecular complexity index is 1020. The molecule has 3 aromatic rings. The van der Waals surface area contributed by atoms with Crippen molar-refractivity contribution in [3.8, 4) is 17.1 Å². The summed E-state index contributed by atoms with van der Waals surface area (Å²) in [4.78, 5) is 29.6. The molecule has 144 valence electrons. The van der Waals surface area contributed by atoms with Crippen molar-refractivity contribution in [1.29, 1.82) is 0 Å². The highest BCUT2D eigenvalue weighted by atomic mass is 16.5. The number of amides is 1. The fraction of sp³-hybridized carbons (Fsp3) is 0.227. The molecular weight excluding hydrogens is 354 g/mol. The average Bonchev–Trinajstić information content (AvgIpc) is 2.70. The lowest BCUT2D eigenvalue weighted by Crippen LogP contribution is -2.29. The van der Waals surface area contributed by atoms with Crippen molar-refractivity contribution >= 4 is 11.6 Å². The van der Waals surface area contributed by atoms with Crippen LogP contribution in [0.3, 0.4) is 0 Å². The van der Waals surface area contributed by atoms with Crippen LogP contribution in [0.25, 0.3) is 11.4 Å². The Morgan fingerprint density at radius 1 is 1.11 bits per heavy atom. The number of aromatic nitrogens is 2. The number of ether oxygens (including phenoxy) is 1. The van der Waals surface area contributed by atoms with Crippen LogP contribution in [-0.2, 0) is 17.8 Å². The molecule has 0 spiro atoms. The van der Waals surface area contributed by atoms with E-state index in [-0.39, 0.29) is 18.0 Å². The first-order valence-corrected chi connectivity index (χ1v) is 9.12. The Kier molecular flexibility index (Phi) is 5.89. The van der Waals surface area contributed by atoms with E-state index in [0.29, 0.717) is 23.0 Å². The van der Waals surface area contributed by atoms with Crippen LogP contribution < -0.4 is 15.6 Å². The molecule has 2 aromatic carbocycles. The van der Waals surface area contributed by atoms with Crippen LogP contribution in [0.4, 0.5) is 5.69 Å². The predicted molar refractivity (Wildman–Crippen MR) is 110 cm³/mol. The third-order valence-corrected chi connectivity index (χ3v) is 4.43. The van der Waals surface area contributed by atoms with Gasteiger partial charge >= 0.3 is 0 Å². The molecule has 0 fully saturated rings. The van der Waals surface area contributed by atoms with Gasteiger partial charge in [0.05, 0.1) is 7.11 Å². The molecule has 0 bridgehead atoms. The molecule has 28 heavy (non-hydrogen) atoms. The quantitative estimate of drug-likeness (QED) is 0.714. The van der Waals surface area contributed by atoms with E-state index in [9.17, 15) is 9.59 Å². The van der Waals surface area contributed by atoms with Crippen LogP contribution in [0.2, 0.25) is 0 Å². The standard InChI is InChI=1S/C22H23N3O3/c1-4-16-5-9-18(10-6-16)24-20(26)14-25-21(27)13-15(2)23-22(25)17-7-11-19(28-3)12-8-17/h5-13H,4,14H2,1-3H3,(H,24,26). The average molecular weight is 377 g/mol. The van der Waals surface area contributed by atoms with E-state index in [4.69, 9.17) is 4.74 Å². The van der Waals surface area contributed by atoms with Gasteiger partial charge in [-0.15, -0.1) is 0 Å². The summed E-state index contributed by atoms with van der Waals surface area (Å²) in [5, 5.41) is 2.83. The van der Waals surface area contributed by atoms with Crippen LogP contribution in [0, 0.1) is 6.92 Å². The number of nitrogens with one attached hydrogen (secondary N) is 1. The van der Waals surface area contributed by atoms with Crippen LogP contribution in [0.15, 0.2) is 59.4 Å². The smallest absolute Gasteiger partial charge is 0.254 e. The van der Waals surface area contributed by atoms with Gasteiger partial charge in [0.2, 0.25) is 5.91 Å². The number of methoxy groups -OCH3 is 1. The number of carbonyl (C=O) groups excluding carboxylic acids is 1. The number of benzene rings is 2. The summed E-state index contributed by atoms with van der Waals surface area (Å²) in [7, 11) is 1.59. The van der Waals surface area contributed by atoms with E-state index in [1.807, 2.05) is 36.4 Å². The molecular formula is C22H23N3O3. The molecule has 6 nitrogen and oxygen atoms in total. The predicted octanol–water partition coefficient (Wildman–Crippen LogP) is 3.43. The van der Waals surface area contributed by atoms with Crippen molar-refractivity contribution in [3.05, 3.63) is 76.2 Å². The van der Waals surface area contributed by atoms with E-state index < -0.39 is 0 Å². The number of aryl methyl sites for hydroxylation is 2. The Balaban J connectivity index is 1.87. The first-order chi connectivity index (χ1) is 13.5. The highest BCUT2D eigenvalue weighted by molar-refractivity contribution is 5.90. The van der Waals surface area contributed by atoms with Gasteiger partial charge in [0.1, 0.15) is 18.1 Å². The molecule has 0 atom stereocenters. The fourth-order valence-electron chi connectivity index (χ4n) is 2.90. The van der Waals surface area contributed by atoms with Gasteiger partial charge in [0, 0.05) is 23.0 Å². The topological polar surface area (TPSA) is 73.2 Å². The fourth-order valence-corrected chi connectivity index (χ4v) is 2.90. The van der Waals surface area contributed by atoms with E-state index in [0.717, 1.165) is 12.0 Å². The van der Waals surface area contributed by atoms with Crippen molar-refractivity contribution in [2.75, 3.05) is 12.4 Å². The van der Waals surface area contributed by atoms with Crippen molar-refractivity contribution in [3.63, 3.8) is 0 Å². The van der Waals surface area contributed by atoms with Crippen molar-refractivity contribution in [2.24, 2.45) is 0 Å². The molecule has 0 saturated heterocycles. The molecule has 0 saturated carbocycles. The summed E-state index contributed by atoms with van der Waals surface area (Å²) in [5.41, 5.74) is 2.96. The minimum atomic E-state index is -0.285. The number of nitrogens with zero attached hydrogens (tertiary/aromatic N) is 2. The van der Waals surface area contributed by atoms with Gasteiger partial charge in [-0.3, -0.25) is 14.2 Å². The molecule has 1 amide bonds. The first kappa shape index (κ1) is 19.4. The van der Waals surface area contributed by atoms with Gasteiger partial charge in [0.25, 0.3) is 5.56 Å². The molecule has 3 rings (SSSR count). The zero-order valence-corrected chi connectivity index (χ0v) is 16.2. The first-order valence-electron chi connectivity index (χ1n) is 9.12. The van der Waals surface area contributed by atoms with Crippen molar-refractivity contribution in [1.82, 2.24) is 9.55 Å². The largest absolute Gasteiger partial charge is 0.497 e. The van der Waals surface area contributed by atoms with E-state index in [1.165, 1.54) is 16.2 Å². The maximum atomic E-state index is 12.5. The maximum absolute atomic E-state index is 12.5. The van der Waals surface area contributed by atoms with E-state index >= 15 is 0 Å². The number of rotatable bonds is 6. The summed E-state index contributed by atoms with van der Waals surface area (Å²) < 4.78 is 6.56. The molecule has 1 heterocycles. The molecule has 1 aromatic heterocycles. The van der Waals surface area contributed by atoms with Crippen molar-refractivity contribution < 1.29 is 9.53 Å². The number of hydrogen-bond acceptors (Lipinski definition) is 4. The Labute approximate surface area is 163 Å². The zero-order chi connectivity index (χ0) is 20.1. The minimum absolute atomic E-state index is 0.122. The van der Waals surface area contributed by atoms with Gasteiger partial charge in [0.15, 0.2) is 0 Å². The summed E-state index contributed by atoms with van der Waals surface area (Å²) in [6.45, 7) is 3.71. The SMILES string of the molecule is CCc1ccc(NC(=O)Cn2c(-c3ccc(OC)cc3)nc(C)cc2=O)cc1. The third kappa shape index (κ3) is 4.46. The van der Waals surface area contributed by atoms with Gasteiger partial charge < -0.3 is 10.1 Å². The van der Waals surface area contributed by atoms with Gasteiger partial charge in [-0.05, 0) is 55.3 Å². The van der Waals surface area contributed by atoms with E-state index in [2.05, 4.69) is 17.2 Å². The molecule has 0 aliphatic heterocycles. The van der Waals surface area contributed by atoms with Crippen molar-refractivity contribution in [2.45, 2.75) is 26.8 Å². The van der Waals surface area contributed by atoms with Crippen LogP contribution >= 0.6 is 0 Å². The van der Waals surface area contributed by atoms with Crippen LogP contribution in [-0.4, -0.2) is 22.6 Å². The Morgan fingerprint density at radius 2 is 1.79 bits per heavy atom. The molecule has 0 unspecified atom stereocenters. The molecule has 6 heteroatoms. The second-order valence-electron chi connectivity index (χ2n) is 6.47. The molecule has 0 radical (unpaired) electrons. The molecule has 0 aliphatic carbocycles. The lowest BCUT2D eigenvalue weighted by Gasteiger charge is -2.13. The summed E-state index contributed by atoms with van der Waals surface area (Å²) in [5.74, 6) is 0.870. The highest BCUT2D eigenvalue weighted by Gasteiger charge is 2.13. The number of hydrogen-bond donors (Lipinski definition) is 1. The number of carbonyl (C=O) groups is 1. The Hall–Kier alpha value is -3.41. The summed E-state index contributed by atoms with van der Waals surface area (Å²) >= 11 is 0. The second-order valence-corrected chi connectivity index (χ2v) is 6.47. The van der Waals surface area contributed by atoms with E-state index in [1.54, 1.807) is 26.2 Å². The summed E-state index contributed by atoms with van der Waals surface area (Å²) in [6, 6.07) is 16.3. The van der Waals surface area contributed by atoms with Crippen LogP contribution in [0.1, 0.15) is 18.2 Å². The monoisotopic (exact) mass is 377 g/mol. The lowest BCUT2D eigenvalue weighted by atomic mass is 10.1. The molecule has 1 N–H and O–H groups in total. The third-order valence-electron chi connectivity index (χ3n) is 4.43. The van der Waals surface area contributed by atoms with Crippen LogP contribution in [0.5, 0.6) is 5.75 Å².